The Morgan fingerprint density at radius 3 is 2.42 bits per heavy atom. The third-order valence-corrected chi connectivity index (χ3v) is 7.58. The van der Waals surface area contributed by atoms with Crippen LogP contribution in [0.1, 0.15) is 24.8 Å². The molecule has 3 heterocycles. The number of aliphatic hydroxyl groups is 1. The smallest absolute Gasteiger partial charge is 0.152 e. The van der Waals surface area contributed by atoms with Gasteiger partial charge < -0.3 is 20.4 Å². The van der Waals surface area contributed by atoms with Crippen LogP contribution in [0, 0.1) is 5.92 Å². The topological polar surface area (TPSA) is 81.5 Å². The summed E-state index contributed by atoms with van der Waals surface area (Å²) in [7, 11) is 0. The Balaban J connectivity index is 1.39. The third kappa shape index (κ3) is 4.69. The number of anilines is 3. The van der Waals surface area contributed by atoms with Gasteiger partial charge in [-0.25, -0.2) is 4.98 Å². The zero-order chi connectivity index (χ0) is 24.8. The van der Waals surface area contributed by atoms with Crippen LogP contribution in [0.3, 0.4) is 0 Å². The van der Waals surface area contributed by atoms with Crippen LogP contribution in [0.5, 0.6) is 5.75 Å². The van der Waals surface area contributed by atoms with E-state index in [2.05, 4.69) is 21.3 Å². The SMILES string of the molecule is Oc1c(Cl)cc(-c2ccc3ncc(CC4CC4)c(Nc4ccc(N5CCC(O)C5)nc4)c3c2)cc1Cl. The molecule has 2 aliphatic rings. The number of phenolic OH excluding ortho intramolecular Hbond substituents is 1. The molecule has 0 bridgehead atoms. The Morgan fingerprint density at radius 1 is 0.944 bits per heavy atom. The lowest BCUT2D eigenvalue weighted by Crippen LogP contribution is -2.22. The first-order valence-electron chi connectivity index (χ1n) is 12.2. The molecule has 36 heavy (non-hydrogen) atoms. The van der Waals surface area contributed by atoms with Crippen LogP contribution in [0.15, 0.2) is 54.9 Å². The van der Waals surface area contributed by atoms with E-state index in [-0.39, 0.29) is 21.9 Å². The third-order valence-electron chi connectivity index (χ3n) is 7.01. The predicted octanol–water partition coefficient (Wildman–Crippen LogP) is 6.58. The van der Waals surface area contributed by atoms with Crippen LogP contribution >= 0.6 is 23.2 Å². The first-order valence-corrected chi connectivity index (χ1v) is 13.0. The van der Waals surface area contributed by atoms with Crippen LogP contribution in [0.2, 0.25) is 10.0 Å². The van der Waals surface area contributed by atoms with Gasteiger partial charge in [0.05, 0.1) is 39.2 Å². The van der Waals surface area contributed by atoms with Gasteiger partial charge >= 0.3 is 0 Å². The molecule has 4 aromatic rings. The number of nitrogens with zero attached hydrogens (tertiary/aromatic N) is 3. The molecule has 1 atom stereocenters. The van der Waals surface area contributed by atoms with E-state index in [0.717, 1.165) is 58.6 Å². The lowest BCUT2D eigenvalue weighted by Gasteiger charge is -2.18. The van der Waals surface area contributed by atoms with Gasteiger partial charge in [0.15, 0.2) is 5.75 Å². The fourth-order valence-corrected chi connectivity index (χ4v) is 5.31. The molecule has 8 heteroatoms. The number of phenols is 1. The van der Waals surface area contributed by atoms with E-state index in [0.29, 0.717) is 12.5 Å². The molecule has 1 saturated carbocycles. The highest BCUT2D eigenvalue weighted by molar-refractivity contribution is 6.37. The lowest BCUT2D eigenvalue weighted by molar-refractivity contribution is 0.198. The van der Waals surface area contributed by atoms with Gasteiger partial charge in [-0.2, -0.15) is 0 Å². The minimum Gasteiger partial charge on any atom is -0.505 e. The summed E-state index contributed by atoms with van der Waals surface area (Å²) in [6.07, 6.45) is 7.78. The number of halogens is 2. The number of fused-ring (bicyclic) bond motifs is 1. The molecule has 2 aromatic carbocycles. The average molecular weight is 521 g/mol. The number of hydrogen-bond donors (Lipinski definition) is 3. The molecule has 0 radical (unpaired) electrons. The highest BCUT2D eigenvalue weighted by atomic mass is 35.5. The molecule has 0 amide bonds. The number of hydrogen-bond acceptors (Lipinski definition) is 6. The zero-order valence-corrected chi connectivity index (χ0v) is 21.1. The minimum absolute atomic E-state index is 0.113. The second kappa shape index (κ2) is 9.43. The van der Waals surface area contributed by atoms with E-state index in [1.165, 1.54) is 18.4 Å². The molecule has 1 saturated heterocycles. The molecule has 3 N–H and O–H groups in total. The summed E-state index contributed by atoms with van der Waals surface area (Å²) < 4.78 is 0. The van der Waals surface area contributed by atoms with Crippen LogP contribution in [-0.2, 0) is 6.42 Å². The van der Waals surface area contributed by atoms with Crippen molar-refractivity contribution >= 4 is 51.3 Å². The number of rotatable bonds is 6. The molecule has 1 aliphatic heterocycles. The molecule has 6 rings (SSSR count). The van der Waals surface area contributed by atoms with Crippen molar-refractivity contribution in [2.75, 3.05) is 23.3 Å². The normalized spacial score (nSPS) is 17.6. The Hall–Kier alpha value is -3.06. The minimum atomic E-state index is -0.287. The molecule has 184 valence electrons. The number of aromatic hydroxyl groups is 1. The van der Waals surface area contributed by atoms with Gasteiger partial charge in [0, 0.05) is 24.7 Å². The molecule has 2 fully saturated rings. The second-order valence-electron chi connectivity index (χ2n) is 9.74. The van der Waals surface area contributed by atoms with Crippen molar-refractivity contribution in [1.29, 1.82) is 0 Å². The van der Waals surface area contributed by atoms with E-state index >= 15 is 0 Å². The van der Waals surface area contributed by atoms with E-state index in [1.54, 1.807) is 12.1 Å². The van der Waals surface area contributed by atoms with Gasteiger partial charge in [0.2, 0.25) is 0 Å². The molecular weight excluding hydrogens is 495 g/mol. The molecule has 2 aromatic heterocycles. The van der Waals surface area contributed by atoms with E-state index < -0.39 is 0 Å². The lowest BCUT2D eigenvalue weighted by atomic mass is 9.99. The van der Waals surface area contributed by atoms with Crippen molar-refractivity contribution in [2.45, 2.75) is 31.8 Å². The highest BCUT2D eigenvalue weighted by Gasteiger charge is 2.24. The summed E-state index contributed by atoms with van der Waals surface area (Å²) >= 11 is 12.4. The average Bonchev–Trinajstić information content (AvgIpc) is 3.60. The van der Waals surface area contributed by atoms with Crippen LogP contribution < -0.4 is 10.2 Å². The molecule has 1 unspecified atom stereocenters. The Labute approximate surface area is 219 Å². The predicted molar refractivity (Wildman–Crippen MR) is 146 cm³/mol. The summed E-state index contributed by atoms with van der Waals surface area (Å²) in [6, 6.07) is 13.5. The first-order chi connectivity index (χ1) is 17.4. The summed E-state index contributed by atoms with van der Waals surface area (Å²) in [6.45, 7) is 1.43. The van der Waals surface area contributed by atoms with Crippen LogP contribution in [0.4, 0.5) is 17.2 Å². The number of aromatic nitrogens is 2. The van der Waals surface area contributed by atoms with Crippen molar-refractivity contribution in [3.8, 4) is 16.9 Å². The summed E-state index contributed by atoms with van der Waals surface area (Å²) in [5.74, 6) is 1.46. The number of aliphatic hydroxyl groups excluding tert-OH is 1. The molecule has 0 spiro atoms. The number of benzene rings is 2. The largest absolute Gasteiger partial charge is 0.505 e. The van der Waals surface area contributed by atoms with Crippen molar-refractivity contribution in [2.24, 2.45) is 5.92 Å². The van der Waals surface area contributed by atoms with Gasteiger partial charge in [-0.05, 0) is 84.7 Å². The quantitative estimate of drug-likeness (QED) is 0.266. The highest BCUT2D eigenvalue weighted by Crippen LogP contribution is 2.40. The maximum absolute atomic E-state index is 9.98. The fraction of sp³-hybridized carbons (Fsp3) is 0.286. The summed E-state index contributed by atoms with van der Waals surface area (Å²) in [4.78, 5) is 11.5. The summed E-state index contributed by atoms with van der Waals surface area (Å²) in [5, 5.41) is 24.9. The van der Waals surface area contributed by atoms with E-state index in [1.807, 2.05) is 36.7 Å². The van der Waals surface area contributed by atoms with Crippen molar-refractivity contribution in [3.05, 3.63) is 70.5 Å². The standard InChI is InChI=1S/C28H26Cl2N4O2/c29-23-11-18(12-24(30)28(23)36)17-3-5-25-22(10-17)27(19(13-31-25)9-16-1-2-16)33-20-4-6-26(32-14-20)34-8-7-21(35)15-34/h3-6,10-14,16,21,35-36H,1-2,7-9,15H2,(H,31,33). The molecule has 1 aliphatic carbocycles. The molecule has 6 nitrogen and oxygen atoms in total. The molecular formula is C28H26Cl2N4O2. The van der Waals surface area contributed by atoms with Gasteiger partial charge in [-0.15, -0.1) is 0 Å². The Morgan fingerprint density at radius 2 is 1.75 bits per heavy atom. The van der Waals surface area contributed by atoms with Crippen LogP contribution in [-0.4, -0.2) is 39.4 Å². The van der Waals surface area contributed by atoms with Gasteiger partial charge in [0.1, 0.15) is 5.82 Å². The maximum Gasteiger partial charge on any atom is 0.152 e. The first kappa shape index (κ1) is 23.3. The maximum atomic E-state index is 9.98. The Kier molecular flexibility index (Phi) is 6.12. The second-order valence-corrected chi connectivity index (χ2v) is 10.6. The van der Waals surface area contributed by atoms with Gasteiger partial charge in [0.25, 0.3) is 0 Å². The van der Waals surface area contributed by atoms with Crippen molar-refractivity contribution in [1.82, 2.24) is 9.97 Å². The van der Waals surface area contributed by atoms with E-state index in [9.17, 15) is 10.2 Å². The zero-order valence-electron chi connectivity index (χ0n) is 19.6. The van der Waals surface area contributed by atoms with Crippen LogP contribution in [0.25, 0.3) is 22.0 Å². The van der Waals surface area contributed by atoms with Gasteiger partial charge in [-0.3, -0.25) is 4.98 Å². The van der Waals surface area contributed by atoms with E-state index in [4.69, 9.17) is 28.2 Å². The fourth-order valence-electron chi connectivity index (χ4n) is 4.82. The monoisotopic (exact) mass is 520 g/mol. The van der Waals surface area contributed by atoms with Crippen molar-refractivity contribution < 1.29 is 10.2 Å². The number of pyridine rings is 2. The van der Waals surface area contributed by atoms with Gasteiger partial charge in [-0.1, -0.05) is 29.3 Å². The summed E-state index contributed by atoms with van der Waals surface area (Å²) in [5.41, 5.74) is 5.73. The van der Waals surface area contributed by atoms with Crippen molar-refractivity contribution in [3.63, 3.8) is 0 Å². The Bertz CT molecular complexity index is 1420. The number of nitrogens with one attached hydrogen (secondary N) is 1. The number of β-amino-alcohol motifs (C(OH)–C–C–N with tert-alkyl or cyclic N) is 1.